The van der Waals surface area contributed by atoms with Crippen LogP contribution in [0.3, 0.4) is 0 Å². The SMILES string of the molecule is CCNC(=O)N1CCC(CN)(C(F)(F)F)CC1. The summed E-state index contributed by atoms with van der Waals surface area (Å²) in [5, 5.41) is 2.57. The molecule has 2 amide bonds. The second-order valence-electron chi connectivity index (χ2n) is 4.30. The van der Waals surface area contributed by atoms with Gasteiger partial charge in [0.2, 0.25) is 0 Å². The van der Waals surface area contributed by atoms with E-state index in [2.05, 4.69) is 5.32 Å². The van der Waals surface area contributed by atoms with Crippen LogP contribution in [-0.4, -0.2) is 43.3 Å². The van der Waals surface area contributed by atoms with Gasteiger partial charge in [-0.1, -0.05) is 0 Å². The van der Waals surface area contributed by atoms with Gasteiger partial charge in [0.1, 0.15) is 0 Å². The van der Waals surface area contributed by atoms with Crippen LogP contribution in [-0.2, 0) is 0 Å². The van der Waals surface area contributed by atoms with Crippen molar-refractivity contribution in [2.75, 3.05) is 26.2 Å². The molecule has 1 rings (SSSR count). The van der Waals surface area contributed by atoms with Crippen LogP contribution >= 0.6 is 0 Å². The number of halogens is 3. The lowest BCUT2D eigenvalue weighted by atomic mass is 9.78. The smallest absolute Gasteiger partial charge is 0.338 e. The number of carbonyl (C=O) groups excluding carboxylic acids is 1. The molecule has 1 aliphatic rings. The third kappa shape index (κ3) is 2.83. The van der Waals surface area contributed by atoms with Crippen molar-refractivity contribution in [3.05, 3.63) is 0 Å². The molecule has 0 aromatic carbocycles. The van der Waals surface area contributed by atoms with Gasteiger partial charge >= 0.3 is 12.2 Å². The third-order valence-corrected chi connectivity index (χ3v) is 3.33. The molecule has 4 nitrogen and oxygen atoms in total. The molecule has 0 aromatic rings. The summed E-state index contributed by atoms with van der Waals surface area (Å²) in [6.07, 6.45) is -4.54. The van der Waals surface area contributed by atoms with Crippen LogP contribution in [0.15, 0.2) is 0 Å². The predicted molar refractivity (Wildman–Crippen MR) is 57.4 cm³/mol. The minimum absolute atomic E-state index is 0.0997. The Labute approximate surface area is 98.3 Å². The molecule has 0 aliphatic carbocycles. The van der Waals surface area contributed by atoms with Crippen molar-refractivity contribution in [3.63, 3.8) is 0 Å². The number of hydrogen-bond acceptors (Lipinski definition) is 2. The zero-order chi connectivity index (χ0) is 13.1. The maximum absolute atomic E-state index is 12.9. The Balaban J connectivity index is 2.63. The fourth-order valence-corrected chi connectivity index (χ4v) is 2.00. The Morgan fingerprint density at radius 2 is 1.94 bits per heavy atom. The van der Waals surface area contributed by atoms with Crippen molar-refractivity contribution in [1.29, 1.82) is 0 Å². The molecule has 0 saturated carbocycles. The number of carbonyl (C=O) groups is 1. The molecule has 0 atom stereocenters. The number of nitrogens with zero attached hydrogens (tertiary/aromatic N) is 1. The van der Waals surface area contributed by atoms with Gasteiger partial charge in [-0.25, -0.2) is 4.79 Å². The molecule has 0 aromatic heterocycles. The van der Waals surface area contributed by atoms with Gasteiger partial charge in [0, 0.05) is 26.2 Å². The van der Waals surface area contributed by atoms with Crippen LogP contribution in [0.5, 0.6) is 0 Å². The summed E-state index contributed by atoms with van der Waals surface area (Å²) in [5.74, 6) is 0. The first-order valence-electron chi connectivity index (χ1n) is 5.66. The Kier molecular flexibility index (Phi) is 4.24. The van der Waals surface area contributed by atoms with Crippen LogP contribution < -0.4 is 11.1 Å². The Morgan fingerprint density at radius 3 is 2.29 bits per heavy atom. The number of nitrogens with one attached hydrogen (secondary N) is 1. The molecule has 1 saturated heterocycles. The zero-order valence-corrected chi connectivity index (χ0v) is 9.81. The van der Waals surface area contributed by atoms with E-state index in [-0.39, 0.29) is 32.0 Å². The highest BCUT2D eigenvalue weighted by Crippen LogP contribution is 2.45. The molecule has 1 fully saturated rings. The lowest BCUT2D eigenvalue weighted by molar-refractivity contribution is -0.232. The predicted octanol–water partition coefficient (Wildman–Crippen LogP) is 1.32. The maximum atomic E-state index is 12.9. The van der Waals surface area contributed by atoms with E-state index in [1.165, 1.54) is 4.90 Å². The highest BCUT2D eigenvalue weighted by molar-refractivity contribution is 5.74. The summed E-state index contributed by atoms with van der Waals surface area (Å²) in [7, 11) is 0. The lowest BCUT2D eigenvalue weighted by Gasteiger charge is -2.42. The average molecular weight is 253 g/mol. The van der Waals surface area contributed by atoms with E-state index >= 15 is 0 Å². The van der Waals surface area contributed by atoms with Crippen LogP contribution in [0.1, 0.15) is 19.8 Å². The summed E-state index contributed by atoms with van der Waals surface area (Å²) in [6, 6.07) is -0.305. The van der Waals surface area contributed by atoms with Gasteiger partial charge in [-0.2, -0.15) is 13.2 Å². The highest BCUT2D eigenvalue weighted by Gasteiger charge is 2.54. The number of nitrogens with two attached hydrogens (primary N) is 1. The number of rotatable bonds is 2. The summed E-state index contributed by atoms with van der Waals surface area (Å²) in [6.45, 7) is 2.02. The standard InChI is InChI=1S/C10H18F3N3O/c1-2-15-8(17)16-5-3-9(7-14,4-6-16)10(11,12)13/h2-7,14H2,1H3,(H,15,17). The number of urea groups is 1. The molecule has 3 N–H and O–H groups in total. The first kappa shape index (κ1) is 14.1. The fraction of sp³-hybridized carbons (Fsp3) is 0.900. The van der Waals surface area contributed by atoms with E-state index in [0.29, 0.717) is 6.54 Å². The van der Waals surface area contributed by atoms with Gasteiger partial charge in [-0.3, -0.25) is 0 Å². The number of hydrogen-bond donors (Lipinski definition) is 2. The summed E-state index contributed by atoms with van der Waals surface area (Å²) < 4.78 is 38.6. The van der Waals surface area contributed by atoms with Gasteiger partial charge in [0.25, 0.3) is 0 Å². The summed E-state index contributed by atoms with van der Waals surface area (Å²) in [5.41, 5.74) is 3.44. The van der Waals surface area contributed by atoms with Gasteiger partial charge in [0.05, 0.1) is 5.41 Å². The number of piperidine rings is 1. The molecule has 17 heavy (non-hydrogen) atoms. The van der Waals surface area contributed by atoms with Crippen molar-refractivity contribution < 1.29 is 18.0 Å². The quantitative estimate of drug-likeness (QED) is 0.779. The molecule has 100 valence electrons. The number of alkyl halides is 3. The Morgan fingerprint density at radius 1 is 1.41 bits per heavy atom. The lowest BCUT2D eigenvalue weighted by Crippen LogP contribution is -2.54. The minimum Gasteiger partial charge on any atom is -0.338 e. The topological polar surface area (TPSA) is 58.4 Å². The van der Waals surface area contributed by atoms with Gasteiger partial charge in [0.15, 0.2) is 0 Å². The minimum atomic E-state index is -4.30. The van der Waals surface area contributed by atoms with Crippen LogP contribution in [0.2, 0.25) is 0 Å². The first-order chi connectivity index (χ1) is 7.86. The van der Waals surface area contributed by atoms with E-state index < -0.39 is 18.1 Å². The number of likely N-dealkylation sites (tertiary alicyclic amines) is 1. The van der Waals surface area contributed by atoms with Gasteiger partial charge < -0.3 is 16.0 Å². The molecule has 1 aliphatic heterocycles. The molecule has 7 heteroatoms. The normalized spacial score (nSPS) is 20.2. The second-order valence-corrected chi connectivity index (χ2v) is 4.30. The maximum Gasteiger partial charge on any atom is 0.395 e. The monoisotopic (exact) mass is 253 g/mol. The molecule has 0 unspecified atom stereocenters. The molecule has 0 radical (unpaired) electrons. The number of amides is 2. The van der Waals surface area contributed by atoms with Crippen molar-refractivity contribution in [3.8, 4) is 0 Å². The highest BCUT2D eigenvalue weighted by atomic mass is 19.4. The van der Waals surface area contributed by atoms with E-state index in [1.807, 2.05) is 0 Å². The largest absolute Gasteiger partial charge is 0.395 e. The molecule has 0 bridgehead atoms. The van der Waals surface area contributed by atoms with E-state index in [4.69, 9.17) is 5.73 Å². The van der Waals surface area contributed by atoms with Crippen LogP contribution in [0.25, 0.3) is 0 Å². The van der Waals surface area contributed by atoms with Gasteiger partial charge in [-0.15, -0.1) is 0 Å². The Bertz CT molecular complexity index is 272. The van der Waals surface area contributed by atoms with E-state index in [0.717, 1.165) is 0 Å². The van der Waals surface area contributed by atoms with Crippen molar-refractivity contribution in [1.82, 2.24) is 10.2 Å². The third-order valence-electron chi connectivity index (χ3n) is 3.33. The fourth-order valence-electron chi connectivity index (χ4n) is 2.00. The van der Waals surface area contributed by atoms with Gasteiger partial charge in [-0.05, 0) is 19.8 Å². The van der Waals surface area contributed by atoms with E-state index in [9.17, 15) is 18.0 Å². The Hall–Kier alpha value is -0.980. The van der Waals surface area contributed by atoms with Crippen LogP contribution in [0.4, 0.5) is 18.0 Å². The molecular formula is C10H18F3N3O. The summed E-state index contributed by atoms with van der Waals surface area (Å²) in [4.78, 5) is 12.9. The van der Waals surface area contributed by atoms with Crippen LogP contribution in [0, 0.1) is 5.41 Å². The zero-order valence-electron chi connectivity index (χ0n) is 9.81. The molecule has 1 heterocycles. The van der Waals surface area contributed by atoms with E-state index in [1.54, 1.807) is 6.92 Å². The van der Waals surface area contributed by atoms with Crippen molar-refractivity contribution >= 4 is 6.03 Å². The molecular weight excluding hydrogens is 235 g/mol. The average Bonchev–Trinajstić information content (AvgIpc) is 2.28. The second kappa shape index (κ2) is 5.12. The molecule has 0 spiro atoms. The van der Waals surface area contributed by atoms with Crippen molar-refractivity contribution in [2.24, 2.45) is 11.1 Å². The first-order valence-corrected chi connectivity index (χ1v) is 5.66. The van der Waals surface area contributed by atoms with Crippen molar-refractivity contribution in [2.45, 2.75) is 25.9 Å². The summed E-state index contributed by atoms with van der Waals surface area (Å²) >= 11 is 0.